The highest BCUT2D eigenvalue weighted by Crippen LogP contribution is 2.14. The molecule has 1 N–H and O–H groups in total. The molecule has 0 bridgehead atoms. The van der Waals surface area contributed by atoms with Crippen LogP contribution in [-0.2, 0) is 4.79 Å². The monoisotopic (exact) mass is 258 g/mol. The van der Waals surface area contributed by atoms with Crippen LogP contribution in [0.2, 0.25) is 0 Å². The summed E-state index contributed by atoms with van der Waals surface area (Å²) in [7, 11) is 0.500. The van der Waals surface area contributed by atoms with E-state index in [1.165, 1.54) is 0 Å². The van der Waals surface area contributed by atoms with E-state index in [1.54, 1.807) is 6.92 Å². The lowest BCUT2D eigenvalue weighted by molar-refractivity contribution is -0.124. The molecule has 1 fully saturated rings. The van der Waals surface area contributed by atoms with Gasteiger partial charge in [0.1, 0.15) is 0 Å². The van der Waals surface area contributed by atoms with Crippen LogP contribution in [0.1, 0.15) is 34.1 Å². The fourth-order valence-corrected chi connectivity index (χ4v) is 1.72. The molecule has 106 valence electrons. The van der Waals surface area contributed by atoms with Gasteiger partial charge in [0.15, 0.2) is 0 Å². The van der Waals surface area contributed by atoms with Gasteiger partial charge in [-0.05, 0) is 38.3 Å². The van der Waals surface area contributed by atoms with Crippen molar-refractivity contribution in [3.05, 3.63) is 0 Å². The molecule has 1 amide bonds. The van der Waals surface area contributed by atoms with Crippen molar-refractivity contribution in [2.45, 2.75) is 34.1 Å². The van der Waals surface area contributed by atoms with Gasteiger partial charge >= 0.3 is 0 Å². The minimum Gasteiger partial charge on any atom is -0.332 e. The first-order valence-electron chi connectivity index (χ1n) is 6.58. The lowest BCUT2D eigenvalue weighted by Crippen LogP contribution is -2.29. The second-order valence-corrected chi connectivity index (χ2v) is 3.59. The molecule has 0 spiro atoms. The number of likely N-dealkylation sites (tertiary alicyclic amines) is 1. The maximum Gasteiger partial charge on any atom is 0.298 e. The Kier molecular flexibility index (Phi) is 15.0. The molecule has 3 nitrogen and oxygen atoms in total. The molecule has 0 aromatic carbocycles. The fourth-order valence-electron chi connectivity index (χ4n) is 1.72. The van der Waals surface area contributed by atoms with Crippen LogP contribution < -0.4 is 5.32 Å². The van der Waals surface area contributed by atoms with Crippen molar-refractivity contribution in [1.82, 2.24) is 10.2 Å². The number of alkyl halides is 1. The van der Waals surface area contributed by atoms with Gasteiger partial charge < -0.3 is 10.2 Å². The van der Waals surface area contributed by atoms with E-state index in [0.717, 1.165) is 32.6 Å². The predicted molar refractivity (Wildman–Crippen MR) is 75.1 cm³/mol. The molecule has 1 unspecified atom stereocenters. The summed E-state index contributed by atoms with van der Waals surface area (Å²) in [5, 5.41) is 3.31. The van der Waals surface area contributed by atoms with Gasteiger partial charge in [-0.2, -0.15) is 0 Å². The highest BCUT2D eigenvalue weighted by molar-refractivity contribution is 5.93. The molecule has 0 radical (unpaired) electrons. The molecule has 4 heteroatoms. The Morgan fingerprint density at radius 1 is 1.44 bits per heavy atom. The molecule has 0 aromatic rings. The SMILES string of the molecule is CC.CC#CC(=O)N1CCC(CNCC)C1.CF. The van der Waals surface area contributed by atoms with Gasteiger partial charge in [-0.15, -0.1) is 0 Å². The summed E-state index contributed by atoms with van der Waals surface area (Å²) >= 11 is 0. The Labute approximate surface area is 111 Å². The largest absolute Gasteiger partial charge is 0.332 e. The van der Waals surface area contributed by atoms with Crippen LogP contribution in [0.5, 0.6) is 0 Å². The third-order valence-corrected chi connectivity index (χ3v) is 2.49. The molecule has 1 saturated heterocycles. The summed E-state index contributed by atoms with van der Waals surface area (Å²) < 4.78 is 9.50. The maximum atomic E-state index is 11.4. The molecule has 1 aliphatic rings. The fraction of sp³-hybridized carbons (Fsp3) is 0.786. The van der Waals surface area contributed by atoms with Gasteiger partial charge in [0.2, 0.25) is 0 Å². The van der Waals surface area contributed by atoms with Crippen LogP contribution in [0.3, 0.4) is 0 Å². The molecular formula is C14H27FN2O. The lowest BCUT2D eigenvalue weighted by Gasteiger charge is -2.13. The number of nitrogens with one attached hydrogen (secondary N) is 1. The molecule has 1 aliphatic heterocycles. The van der Waals surface area contributed by atoms with Gasteiger partial charge in [-0.3, -0.25) is 9.18 Å². The molecule has 0 saturated carbocycles. The normalized spacial score (nSPS) is 16.6. The van der Waals surface area contributed by atoms with Crippen LogP contribution in [0.15, 0.2) is 0 Å². The maximum absolute atomic E-state index is 11.4. The number of nitrogens with zero attached hydrogens (tertiary/aromatic N) is 1. The minimum atomic E-state index is -0.0218. The standard InChI is InChI=1S/C11H18N2O.C2H6.CH3F/c1-3-5-11(14)13-7-6-10(9-13)8-12-4-2;2*1-2/h10,12H,4,6-9H2,1-2H3;1-2H3;1H3. The van der Waals surface area contributed by atoms with E-state index >= 15 is 0 Å². The first kappa shape index (κ1) is 19.3. The second-order valence-electron chi connectivity index (χ2n) is 3.59. The molecule has 1 rings (SSSR count). The number of hydrogen-bond donors (Lipinski definition) is 1. The van der Waals surface area contributed by atoms with Crippen molar-refractivity contribution in [2.24, 2.45) is 5.92 Å². The van der Waals surface area contributed by atoms with Gasteiger partial charge in [0, 0.05) is 13.1 Å². The average Bonchev–Trinajstić information content (AvgIpc) is 2.90. The summed E-state index contributed by atoms with van der Waals surface area (Å²) in [6.45, 7) is 11.5. The predicted octanol–water partition coefficient (Wildman–Crippen LogP) is 2.08. The second kappa shape index (κ2) is 14.0. The highest BCUT2D eigenvalue weighted by atomic mass is 19.1. The van der Waals surface area contributed by atoms with Crippen molar-refractivity contribution in [2.75, 3.05) is 33.4 Å². The zero-order valence-electron chi connectivity index (χ0n) is 12.3. The Bertz CT molecular complexity index is 258. The molecular weight excluding hydrogens is 231 g/mol. The van der Waals surface area contributed by atoms with Crippen LogP contribution in [0, 0.1) is 17.8 Å². The number of carbonyl (C=O) groups excluding carboxylic acids is 1. The topological polar surface area (TPSA) is 32.3 Å². The number of hydrogen-bond acceptors (Lipinski definition) is 2. The number of carbonyl (C=O) groups is 1. The van der Waals surface area contributed by atoms with Crippen LogP contribution in [-0.4, -0.2) is 44.2 Å². The summed E-state index contributed by atoms with van der Waals surface area (Å²) in [6.07, 6.45) is 1.10. The van der Waals surface area contributed by atoms with Crippen LogP contribution in [0.25, 0.3) is 0 Å². The van der Waals surface area contributed by atoms with Crippen molar-refractivity contribution >= 4 is 5.91 Å². The molecule has 0 aliphatic carbocycles. The van der Waals surface area contributed by atoms with Crippen molar-refractivity contribution in [1.29, 1.82) is 0 Å². The van der Waals surface area contributed by atoms with Crippen molar-refractivity contribution in [3.63, 3.8) is 0 Å². The Morgan fingerprint density at radius 3 is 2.56 bits per heavy atom. The number of halogens is 1. The highest BCUT2D eigenvalue weighted by Gasteiger charge is 2.24. The minimum absolute atomic E-state index is 0.0218. The van der Waals surface area contributed by atoms with E-state index in [2.05, 4.69) is 24.1 Å². The number of amides is 1. The third-order valence-electron chi connectivity index (χ3n) is 2.49. The van der Waals surface area contributed by atoms with Crippen molar-refractivity contribution in [3.8, 4) is 11.8 Å². The quantitative estimate of drug-likeness (QED) is 0.786. The van der Waals surface area contributed by atoms with Gasteiger partial charge in [0.05, 0.1) is 7.18 Å². The Morgan fingerprint density at radius 2 is 2.06 bits per heavy atom. The third kappa shape index (κ3) is 8.08. The van der Waals surface area contributed by atoms with Crippen LogP contribution >= 0.6 is 0 Å². The van der Waals surface area contributed by atoms with E-state index in [4.69, 9.17) is 0 Å². The summed E-state index contributed by atoms with van der Waals surface area (Å²) in [5.41, 5.74) is 0. The van der Waals surface area contributed by atoms with Gasteiger partial charge in [0.25, 0.3) is 5.91 Å². The van der Waals surface area contributed by atoms with E-state index in [1.807, 2.05) is 18.7 Å². The first-order chi connectivity index (χ1) is 8.77. The zero-order valence-corrected chi connectivity index (χ0v) is 12.3. The Balaban J connectivity index is 0. The molecule has 1 atom stereocenters. The average molecular weight is 258 g/mol. The molecule has 1 heterocycles. The van der Waals surface area contributed by atoms with Crippen molar-refractivity contribution < 1.29 is 9.18 Å². The van der Waals surface area contributed by atoms with Gasteiger partial charge in [-0.25, -0.2) is 0 Å². The zero-order chi connectivity index (χ0) is 14.4. The summed E-state index contributed by atoms with van der Waals surface area (Å²) in [4.78, 5) is 13.2. The summed E-state index contributed by atoms with van der Waals surface area (Å²) in [5.74, 6) is 5.81. The van der Waals surface area contributed by atoms with E-state index in [9.17, 15) is 9.18 Å². The number of rotatable bonds is 3. The lowest BCUT2D eigenvalue weighted by atomic mass is 10.1. The first-order valence-corrected chi connectivity index (χ1v) is 6.58. The Hall–Kier alpha value is -1.08. The summed E-state index contributed by atoms with van der Waals surface area (Å²) in [6, 6.07) is 0. The van der Waals surface area contributed by atoms with E-state index in [0.29, 0.717) is 13.1 Å². The van der Waals surface area contributed by atoms with E-state index < -0.39 is 0 Å². The molecule has 0 aromatic heterocycles. The smallest absolute Gasteiger partial charge is 0.298 e. The van der Waals surface area contributed by atoms with Gasteiger partial charge in [-0.1, -0.05) is 26.7 Å². The van der Waals surface area contributed by atoms with E-state index in [-0.39, 0.29) is 5.91 Å². The van der Waals surface area contributed by atoms with Crippen LogP contribution in [0.4, 0.5) is 4.39 Å². The molecule has 18 heavy (non-hydrogen) atoms.